The molecule has 0 atom stereocenters. The number of amides is 3. The third-order valence-corrected chi connectivity index (χ3v) is 4.96. The first-order valence-electron chi connectivity index (χ1n) is 9.16. The first-order valence-corrected chi connectivity index (χ1v) is 9.16. The number of aromatic nitrogens is 1. The van der Waals surface area contributed by atoms with Crippen LogP contribution in [0.25, 0.3) is 11.5 Å². The van der Waals surface area contributed by atoms with Crippen LogP contribution in [0.4, 0.5) is 10.5 Å². The predicted octanol–water partition coefficient (Wildman–Crippen LogP) is 3.29. The number of anilines is 1. The van der Waals surface area contributed by atoms with Gasteiger partial charge in [0, 0.05) is 44.4 Å². The molecule has 144 valence electrons. The molecule has 27 heavy (non-hydrogen) atoms. The zero-order chi connectivity index (χ0) is 19.6. The van der Waals surface area contributed by atoms with Crippen molar-refractivity contribution in [2.45, 2.75) is 26.7 Å². The highest BCUT2D eigenvalue weighted by Gasteiger charge is 2.28. The summed E-state index contributed by atoms with van der Waals surface area (Å²) in [5.41, 5.74) is 2.37. The van der Waals surface area contributed by atoms with E-state index in [1.807, 2.05) is 38.1 Å². The Morgan fingerprint density at radius 1 is 1.22 bits per heavy atom. The maximum Gasteiger partial charge on any atom is 0.321 e. The quantitative estimate of drug-likeness (QED) is 0.899. The van der Waals surface area contributed by atoms with Crippen LogP contribution in [-0.2, 0) is 4.79 Å². The molecule has 2 heterocycles. The van der Waals surface area contributed by atoms with Crippen molar-refractivity contribution >= 4 is 17.6 Å². The van der Waals surface area contributed by atoms with E-state index in [2.05, 4.69) is 10.3 Å². The molecular formula is C20H26N4O3. The van der Waals surface area contributed by atoms with Crippen LogP contribution >= 0.6 is 0 Å². The highest BCUT2D eigenvalue weighted by molar-refractivity contribution is 5.90. The van der Waals surface area contributed by atoms with E-state index in [4.69, 9.17) is 4.42 Å². The van der Waals surface area contributed by atoms with Gasteiger partial charge >= 0.3 is 6.03 Å². The van der Waals surface area contributed by atoms with Crippen molar-refractivity contribution in [3.63, 3.8) is 0 Å². The van der Waals surface area contributed by atoms with Gasteiger partial charge in [-0.25, -0.2) is 9.78 Å². The number of nitrogens with one attached hydrogen (secondary N) is 1. The first kappa shape index (κ1) is 18.9. The van der Waals surface area contributed by atoms with Crippen molar-refractivity contribution in [2.75, 3.05) is 32.5 Å². The minimum absolute atomic E-state index is 0.00360. The third kappa shape index (κ3) is 4.30. The average Bonchev–Trinajstić information content (AvgIpc) is 3.00. The normalized spacial score (nSPS) is 14.9. The summed E-state index contributed by atoms with van der Waals surface area (Å²) in [7, 11) is 3.54. The Balaban J connectivity index is 1.62. The number of piperidine rings is 1. The topological polar surface area (TPSA) is 78.7 Å². The summed E-state index contributed by atoms with van der Waals surface area (Å²) >= 11 is 0. The molecule has 0 bridgehead atoms. The highest BCUT2D eigenvalue weighted by atomic mass is 16.4. The second kappa shape index (κ2) is 7.82. The molecule has 1 aromatic heterocycles. The van der Waals surface area contributed by atoms with E-state index < -0.39 is 0 Å². The van der Waals surface area contributed by atoms with Gasteiger partial charge in [0.15, 0.2) is 0 Å². The van der Waals surface area contributed by atoms with Crippen LogP contribution in [0.5, 0.6) is 0 Å². The minimum Gasteiger partial charge on any atom is -0.441 e. The zero-order valence-electron chi connectivity index (χ0n) is 16.3. The molecule has 1 N–H and O–H groups in total. The molecule has 1 saturated heterocycles. The summed E-state index contributed by atoms with van der Waals surface area (Å²) in [6, 6.07) is 7.31. The number of nitrogens with zero attached hydrogens (tertiary/aromatic N) is 3. The van der Waals surface area contributed by atoms with Gasteiger partial charge in [0.2, 0.25) is 11.8 Å². The molecule has 0 spiro atoms. The SMILES string of the molecule is Cc1nc(-c2cccc(NC(=O)N3CCC(C(=O)N(C)C)CC3)c2)oc1C. The van der Waals surface area contributed by atoms with Gasteiger partial charge in [-0.2, -0.15) is 0 Å². The lowest BCUT2D eigenvalue weighted by atomic mass is 9.96. The first-order chi connectivity index (χ1) is 12.8. The fourth-order valence-corrected chi connectivity index (χ4v) is 3.22. The number of carbonyl (C=O) groups excluding carboxylic acids is 2. The Hall–Kier alpha value is -2.83. The summed E-state index contributed by atoms with van der Waals surface area (Å²) < 4.78 is 5.66. The Kier molecular flexibility index (Phi) is 5.48. The van der Waals surface area contributed by atoms with Gasteiger partial charge in [0.25, 0.3) is 0 Å². The molecule has 7 nitrogen and oxygen atoms in total. The Morgan fingerprint density at radius 2 is 1.93 bits per heavy atom. The summed E-state index contributed by atoms with van der Waals surface area (Å²) in [5, 5.41) is 2.93. The molecule has 1 aliphatic rings. The predicted molar refractivity (Wildman–Crippen MR) is 103 cm³/mol. The van der Waals surface area contributed by atoms with Gasteiger partial charge in [-0.1, -0.05) is 6.07 Å². The van der Waals surface area contributed by atoms with E-state index in [0.29, 0.717) is 37.5 Å². The molecule has 1 aromatic carbocycles. The van der Waals surface area contributed by atoms with E-state index in [-0.39, 0.29) is 17.9 Å². The van der Waals surface area contributed by atoms with E-state index >= 15 is 0 Å². The molecule has 7 heteroatoms. The Labute approximate surface area is 159 Å². The maximum atomic E-state index is 12.6. The molecule has 0 unspecified atom stereocenters. The third-order valence-electron chi connectivity index (χ3n) is 4.96. The van der Waals surface area contributed by atoms with Crippen LogP contribution in [0.1, 0.15) is 24.3 Å². The lowest BCUT2D eigenvalue weighted by molar-refractivity contribution is -0.134. The molecule has 2 aromatic rings. The number of urea groups is 1. The summed E-state index contributed by atoms with van der Waals surface area (Å²) in [5.74, 6) is 1.47. The second-order valence-corrected chi connectivity index (χ2v) is 7.17. The number of aryl methyl sites for hydroxylation is 2. The molecule has 0 aliphatic carbocycles. The van der Waals surface area contributed by atoms with Gasteiger partial charge in [0.1, 0.15) is 5.76 Å². The smallest absolute Gasteiger partial charge is 0.321 e. The Bertz CT molecular complexity index is 816. The van der Waals surface area contributed by atoms with Crippen LogP contribution < -0.4 is 5.32 Å². The van der Waals surface area contributed by atoms with Gasteiger partial charge in [0.05, 0.1) is 5.69 Å². The number of hydrogen-bond donors (Lipinski definition) is 1. The largest absolute Gasteiger partial charge is 0.441 e. The molecule has 1 fully saturated rings. The zero-order valence-corrected chi connectivity index (χ0v) is 16.3. The fourth-order valence-electron chi connectivity index (χ4n) is 3.22. The molecule has 1 aliphatic heterocycles. The van der Waals surface area contributed by atoms with E-state index in [1.165, 1.54) is 0 Å². The number of likely N-dealkylation sites (tertiary alicyclic amines) is 1. The van der Waals surface area contributed by atoms with Crippen molar-refractivity contribution in [1.82, 2.24) is 14.8 Å². The monoisotopic (exact) mass is 370 g/mol. The van der Waals surface area contributed by atoms with Gasteiger partial charge in [-0.3, -0.25) is 4.79 Å². The van der Waals surface area contributed by atoms with Crippen molar-refractivity contribution in [2.24, 2.45) is 5.92 Å². The van der Waals surface area contributed by atoms with E-state index in [9.17, 15) is 9.59 Å². The van der Waals surface area contributed by atoms with Crippen molar-refractivity contribution in [3.8, 4) is 11.5 Å². The maximum absolute atomic E-state index is 12.6. The number of rotatable bonds is 3. The summed E-state index contributed by atoms with van der Waals surface area (Å²) in [6.45, 7) is 4.93. The van der Waals surface area contributed by atoms with Crippen molar-refractivity contribution < 1.29 is 14.0 Å². The number of benzene rings is 1. The molecule has 0 radical (unpaired) electrons. The van der Waals surface area contributed by atoms with Gasteiger partial charge in [-0.05, 0) is 44.9 Å². The number of oxazole rings is 1. The minimum atomic E-state index is -0.150. The standard InChI is InChI=1S/C20H26N4O3/c1-13-14(2)27-18(21-13)16-6-5-7-17(12-16)22-20(26)24-10-8-15(9-11-24)19(25)23(3)4/h5-7,12,15H,8-11H2,1-4H3,(H,22,26). The van der Waals surface area contributed by atoms with E-state index in [1.54, 1.807) is 23.9 Å². The second-order valence-electron chi connectivity index (χ2n) is 7.17. The molecular weight excluding hydrogens is 344 g/mol. The van der Waals surface area contributed by atoms with Crippen LogP contribution in [0, 0.1) is 19.8 Å². The average molecular weight is 370 g/mol. The summed E-state index contributed by atoms with van der Waals surface area (Å²) in [6.07, 6.45) is 1.39. The van der Waals surface area contributed by atoms with Crippen LogP contribution in [0.15, 0.2) is 28.7 Å². The van der Waals surface area contributed by atoms with Gasteiger partial charge in [-0.15, -0.1) is 0 Å². The Morgan fingerprint density at radius 3 is 2.52 bits per heavy atom. The lowest BCUT2D eigenvalue weighted by Gasteiger charge is -2.32. The van der Waals surface area contributed by atoms with Crippen LogP contribution in [0.3, 0.4) is 0 Å². The fraction of sp³-hybridized carbons (Fsp3) is 0.450. The lowest BCUT2D eigenvalue weighted by Crippen LogP contribution is -2.44. The van der Waals surface area contributed by atoms with E-state index in [0.717, 1.165) is 17.0 Å². The van der Waals surface area contributed by atoms with Gasteiger partial charge < -0.3 is 19.5 Å². The highest BCUT2D eigenvalue weighted by Crippen LogP contribution is 2.25. The van der Waals surface area contributed by atoms with Crippen molar-refractivity contribution in [3.05, 3.63) is 35.7 Å². The van der Waals surface area contributed by atoms with Crippen LogP contribution in [-0.4, -0.2) is 53.9 Å². The molecule has 0 saturated carbocycles. The molecule has 3 amide bonds. The number of carbonyl (C=O) groups is 2. The summed E-state index contributed by atoms with van der Waals surface area (Å²) in [4.78, 5) is 32.4. The molecule has 3 rings (SSSR count). The van der Waals surface area contributed by atoms with Crippen molar-refractivity contribution in [1.29, 1.82) is 0 Å². The van der Waals surface area contributed by atoms with Crippen LogP contribution in [0.2, 0.25) is 0 Å². The number of hydrogen-bond acceptors (Lipinski definition) is 4.